The maximum Gasteiger partial charge on any atom is 0.285 e. The molecule has 0 spiro atoms. The minimum Gasteiger partial charge on any atom is -0.508 e. The van der Waals surface area contributed by atoms with Crippen molar-refractivity contribution in [1.82, 2.24) is 5.01 Å². The smallest absolute Gasteiger partial charge is 0.285 e. The lowest BCUT2D eigenvalue weighted by Crippen LogP contribution is -2.29. The van der Waals surface area contributed by atoms with Gasteiger partial charge in [-0.05, 0) is 35.7 Å². The summed E-state index contributed by atoms with van der Waals surface area (Å²) < 4.78 is 47.1. The molecule has 1 aliphatic rings. The lowest BCUT2D eigenvalue weighted by molar-refractivity contribution is 0.384. The number of sulfonamides is 1. The Morgan fingerprint density at radius 1 is 1.29 bits per heavy atom. The number of hydrazone groups is 1. The number of phenolic OH excluding ortho intramolecular Hbond substituents is 1. The first kappa shape index (κ1) is 19.8. The van der Waals surface area contributed by atoms with Gasteiger partial charge in [0, 0.05) is 18.2 Å². The number of nitrogens with zero attached hydrogens (tertiary/aromatic N) is 3. The molecule has 2 aromatic rings. The average Bonchev–Trinajstić information content (AvgIpc) is 2.90. The highest BCUT2D eigenvalue weighted by Crippen LogP contribution is 2.31. The molecule has 1 N–H and O–H groups in total. The van der Waals surface area contributed by atoms with Crippen LogP contribution in [0.15, 0.2) is 50.8 Å². The summed E-state index contributed by atoms with van der Waals surface area (Å²) in [7, 11) is -2.54. The Bertz CT molecular complexity index is 1060. The molecule has 0 aliphatic carbocycles. The van der Waals surface area contributed by atoms with Gasteiger partial charge in [-0.15, -0.1) is 4.40 Å². The quantitative estimate of drug-likeness (QED) is 0.610. The Kier molecular flexibility index (Phi) is 5.37. The molecule has 148 valence electrons. The van der Waals surface area contributed by atoms with E-state index in [4.69, 9.17) is 4.74 Å². The van der Waals surface area contributed by atoms with Crippen LogP contribution in [0.4, 0.5) is 4.39 Å². The number of halogens is 1. The van der Waals surface area contributed by atoms with Crippen molar-refractivity contribution in [2.75, 3.05) is 13.7 Å². The predicted octanol–water partition coefficient (Wildman–Crippen LogP) is 2.98. The van der Waals surface area contributed by atoms with Crippen molar-refractivity contribution in [2.45, 2.75) is 18.7 Å². The van der Waals surface area contributed by atoms with E-state index in [1.807, 2.05) is 13.8 Å². The molecule has 0 unspecified atom stereocenters. The van der Waals surface area contributed by atoms with E-state index in [1.165, 1.54) is 54.7 Å². The predicted molar refractivity (Wildman–Crippen MR) is 104 cm³/mol. The molecule has 0 saturated heterocycles. The van der Waals surface area contributed by atoms with E-state index in [9.17, 15) is 17.9 Å². The van der Waals surface area contributed by atoms with Crippen LogP contribution in [-0.2, 0) is 10.0 Å². The third-order valence-electron chi connectivity index (χ3n) is 3.99. The van der Waals surface area contributed by atoms with Gasteiger partial charge >= 0.3 is 0 Å². The van der Waals surface area contributed by atoms with Crippen molar-refractivity contribution in [1.29, 1.82) is 0 Å². The van der Waals surface area contributed by atoms with Gasteiger partial charge in [-0.1, -0.05) is 19.9 Å². The molecule has 9 heteroatoms. The largest absolute Gasteiger partial charge is 0.508 e. The molecule has 3 rings (SSSR count). The first-order chi connectivity index (χ1) is 13.2. The number of benzene rings is 2. The summed E-state index contributed by atoms with van der Waals surface area (Å²) in [5, 5.41) is 15.5. The van der Waals surface area contributed by atoms with E-state index in [2.05, 4.69) is 9.50 Å². The fourth-order valence-corrected chi connectivity index (χ4v) is 3.96. The zero-order valence-electron chi connectivity index (χ0n) is 15.6. The molecule has 28 heavy (non-hydrogen) atoms. The van der Waals surface area contributed by atoms with Crippen LogP contribution < -0.4 is 4.74 Å². The molecule has 0 aromatic heterocycles. The maximum atomic E-state index is 13.6. The zero-order chi connectivity index (χ0) is 20.5. The highest BCUT2D eigenvalue weighted by molar-refractivity contribution is 7.90. The maximum absolute atomic E-state index is 13.6. The number of phenols is 1. The van der Waals surface area contributed by atoms with Crippen molar-refractivity contribution in [3.8, 4) is 11.5 Å². The van der Waals surface area contributed by atoms with Crippen LogP contribution in [0.1, 0.15) is 25.0 Å². The Balaban J connectivity index is 2.00. The van der Waals surface area contributed by atoms with Crippen molar-refractivity contribution >= 4 is 22.1 Å². The van der Waals surface area contributed by atoms with E-state index in [-0.39, 0.29) is 28.1 Å². The highest BCUT2D eigenvalue weighted by atomic mass is 32.2. The number of rotatable bonds is 5. The summed E-state index contributed by atoms with van der Waals surface area (Å²) in [4.78, 5) is -0.0603. The van der Waals surface area contributed by atoms with Crippen LogP contribution in [-0.4, -0.2) is 44.2 Å². The Morgan fingerprint density at radius 2 is 2.04 bits per heavy atom. The first-order valence-corrected chi connectivity index (χ1v) is 9.98. The topological polar surface area (TPSA) is 91.6 Å². The third kappa shape index (κ3) is 3.99. The fraction of sp³-hybridized carbons (Fsp3) is 0.263. The van der Waals surface area contributed by atoms with Gasteiger partial charge in [0.15, 0.2) is 17.4 Å². The molecule has 0 radical (unpaired) electrons. The standard InChI is InChI=1S/C19H20FN3O4S/c1-12(2)11-23(21-10-13-4-7-16(20)17(8-13)27-3)19-15-6-5-14(24)9-18(15)28(25,26)22-19/h4-10,12,24H,11H2,1-3H3/b21-10+. The van der Waals surface area contributed by atoms with Crippen molar-refractivity contribution < 1.29 is 22.7 Å². The second kappa shape index (κ2) is 7.59. The third-order valence-corrected chi connectivity index (χ3v) is 5.30. The minimum atomic E-state index is -3.91. The number of ether oxygens (including phenoxy) is 1. The lowest BCUT2D eigenvalue weighted by atomic mass is 10.1. The van der Waals surface area contributed by atoms with E-state index in [0.29, 0.717) is 17.7 Å². The molecule has 1 aliphatic heterocycles. The van der Waals surface area contributed by atoms with Crippen LogP contribution in [0, 0.1) is 11.7 Å². The number of hydrogen-bond donors (Lipinski definition) is 1. The second-order valence-corrected chi connectivity index (χ2v) is 8.26. The van der Waals surface area contributed by atoms with Crippen molar-refractivity contribution in [3.05, 3.63) is 53.3 Å². The SMILES string of the molecule is COc1cc(/C=N/N(CC(C)C)C2=NS(=O)(=O)c3cc(O)ccc32)ccc1F. The van der Waals surface area contributed by atoms with Crippen LogP contribution in [0.2, 0.25) is 0 Å². The number of methoxy groups -OCH3 is 1. The summed E-state index contributed by atoms with van der Waals surface area (Å²) in [5.41, 5.74) is 0.951. The van der Waals surface area contributed by atoms with E-state index < -0.39 is 15.8 Å². The number of aromatic hydroxyl groups is 1. The number of amidine groups is 1. The second-order valence-electron chi connectivity index (χ2n) is 6.68. The van der Waals surface area contributed by atoms with Gasteiger partial charge in [0.05, 0.1) is 13.3 Å². The van der Waals surface area contributed by atoms with Crippen molar-refractivity contribution in [2.24, 2.45) is 15.4 Å². The lowest BCUT2D eigenvalue weighted by Gasteiger charge is -2.21. The molecule has 0 bridgehead atoms. The molecule has 7 nitrogen and oxygen atoms in total. The van der Waals surface area contributed by atoms with Crippen LogP contribution in [0.5, 0.6) is 11.5 Å². The highest BCUT2D eigenvalue weighted by Gasteiger charge is 2.32. The molecule has 0 atom stereocenters. The summed E-state index contributed by atoms with van der Waals surface area (Å²) in [6, 6.07) is 8.36. The zero-order valence-corrected chi connectivity index (χ0v) is 16.4. The molecule has 0 amide bonds. The number of hydrogen-bond acceptors (Lipinski definition) is 6. The Morgan fingerprint density at radius 3 is 2.71 bits per heavy atom. The summed E-state index contributed by atoms with van der Waals surface area (Å²) >= 11 is 0. The van der Waals surface area contributed by atoms with Crippen LogP contribution in [0.3, 0.4) is 0 Å². The molecular formula is C19H20FN3O4S. The van der Waals surface area contributed by atoms with Crippen LogP contribution in [0.25, 0.3) is 0 Å². The molecule has 2 aromatic carbocycles. The van der Waals surface area contributed by atoms with Gasteiger partial charge in [0.25, 0.3) is 10.0 Å². The van der Waals surface area contributed by atoms with Gasteiger partial charge in [0.2, 0.25) is 0 Å². The monoisotopic (exact) mass is 405 g/mol. The summed E-state index contributed by atoms with van der Waals surface area (Å²) in [5.74, 6) is -0.226. The summed E-state index contributed by atoms with van der Waals surface area (Å²) in [6.45, 7) is 4.33. The first-order valence-electron chi connectivity index (χ1n) is 8.54. The van der Waals surface area contributed by atoms with Crippen LogP contribution >= 0.6 is 0 Å². The van der Waals surface area contributed by atoms with Gasteiger partial charge in [-0.3, -0.25) is 0 Å². The normalized spacial score (nSPS) is 15.0. The van der Waals surface area contributed by atoms with Gasteiger partial charge < -0.3 is 9.84 Å². The average molecular weight is 405 g/mol. The van der Waals surface area contributed by atoms with E-state index in [0.717, 1.165) is 0 Å². The number of fused-ring (bicyclic) bond motifs is 1. The Hall–Kier alpha value is -2.94. The van der Waals surface area contributed by atoms with Gasteiger partial charge in [-0.2, -0.15) is 13.5 Å². The fourth-order valence-electron chi connectivity index (χ4n) is 2.73. The minimum absolute atomic E-state index is 0.0603. The van der Waals surface area contributed by atoms with E-state index >= 15 is 0 Å². The van der Waals surface area contributed by atoms with E-state index in [1.54, 1.807) is 0 Å². The van der Waals surface area contributed by atoms with Crippen molar-refractivity contribution in [3.63, 3.8) is 0 Å². The molecule has 0 saturated carbocycles. The Labute approximate surface area is 162 Å². The molecular weight excluding hydrogens is 385 g/mol. The summed E-state index contributed by atoms with van der Waals surface area (Å²) in [6.07, 6.45) is 1.48. The van der Waals surface area contributed by atoms with Gasteiger partial charge in [-0.25, -0.2) is 9.40 Å². The molecule has 0 fully saturated rings. The molecule has 1 heterocycles. The van der Waals surface area contributed by atoms with Gasteiger partial charge in [0.1, 0.15) is 10.6 Å².